The Morgan fingerprint density at radius 2 is 2.04 bits per heavy atom. The van der Waals surface area contributed by atoms with Crippen molar-refractivity contribution in [2.45, 2.75) is 20.3 Å². The van der Waals surface area contributed by atoms with Crippen LogP contribution < -0.4 is 9.62 Å². The number of nitrogens with zero attached hydrogens (tertiary/aromatic N) is 2. The zero-order chi connectivity index (χ0) is 18.9. The van der Waals surface area contributed by atoms with E-state index in [4.69, 9.17) is 4.52 Å². The summed E-state index contributed by atoms with van der Waals surface area (Å²) in [5, 5.41) is 6.61. The van der Waals surface area contributed by atoms with E-state index in [0.717, 1.165) is 10.00 Å². The second-order valence-corrected chi connectivity index (χ2v) is 8.13. The third kappa shape index (κ3) is 3.62. The minimum Gasteiger partial charge on any atom is -0.361 e. The van der Waals surface area contributed by atoms with Crippen molar-refractivity contribution >= 4 is 27.5 Å². The molecule has 9 heteroatoms. The van der Waals surface area contributed by atoms with Crippen molar-refractivity contribution in [3.63, 3.8) is 0 Å². The van der Waals surface area contributed by atoms with E-state index < -0.39 is 21.8 Å². The highest BCUT2D eigenvalue weighted by molar-refractivity contribution is 7.94. The molecule has 8 nitrogen and oxygen atoms in total. The van der Waals surface area contributed by atoms with Crippen molar-refractivity contribution in [1.29, 1.82) is 0 Å². The second-order valence-electron chi connectivity index (χ2n) is 6.26. The molecule has 26 heavy (non-hydrogen) atoms. The first-order valence-electron chi connectivity index (χ1n) is 8.15. The molecule has 1 fully saturated rings. The van der Waals surface area contributed by atoms with E-state index in [2.05, 4.69) is 10.5 Å². The van der Waals surface area contributed by atoms with E-state index in [0.29, 0.717) is 24.3 Å². The van der Waals surface area contributed by atoms with Crippen LogP contribution in [0.1, 0.15) is 28.7 Å². The summed E-state index contributed by atoms with van der Waals surface area (Å²) in [4.78, 5) is 24.2. The van der Waals surface area contributed by atoms with Crippen LogP contribution >= 0.6 is 0 Å². The van der Waals surface area contributed by atoms with Crippen LogP contribution in [-0.2, 0) is 21.2 Å². The number of benzene rings is 1. The fraction of sp³-hybridized carbons (Fsp3) is 0.353. The monoisotopic (exact) mass is 377 g/mol. The molecule has 0 radical (unpaired) electrons. The molecule has 1 saturated heterocycles. The third-order valence-electron chi connectivity index (χ3n) is 4.07. The molecule has 1 atom stereocenters. The van der Waals surface area contributed by atoms with Crippen LogP contribution in [0.3, 0.4) is 0 Å². The molecular formula is C17H19N3O5S. The summed E-state index contributed by atoms with van der Waals surface area (Å²) in [6, 6.07) is 7.72. The predicted molar refractivity (Wildman–Crippen MR) is 94.2 cm³/mol. The normalized spacial score (nSPS) is 18.9. The van der Waals surface area contributed by atoms with E-state index in [1.165, 1.54) is 24.3 Å². The van der Waals surface area contributed by atoms with E-state index in [-0.39, 0.29) is 17.3 Å². The molecule has 2 heterocycles. The lowest BCUT2D eigenvalue weighted by Crippen LogP contribution is -2.30. The molecule has 1 N–H and O–H groups in total. The van der Waals surface area contributed by atoms with E-state index in [1.807, 2.05) is 0 Å². The van der Waals surface area contributed by atoms with Gasteiger partial charge >= 0.3 is 0 Å². The van der Waals surface area contributed by atoms with Crippen molar-refractivity contribution in [3.8, 4) is 0 Å². The minimum absolute atomic E-state index is 0.199. The SMILES string of the molecule is Cc1cc(CCNC(=O)c2ccc(N3C(=O)C(C)CS3(=O)=O)cc2)no1. The van der Waals surface area contributed by atoms with Gasteiger partial charge in [-0.05, 0) is 31.2 Å². The Morgan fingerprint density at radius 1 is 1.35 bits per heavy atom. The van der Waals surface area contributed by atoms with Crippen LogP contribution in [-0.4, -0.2) is 37.7 Å². The lowest BCUT2D eigenvalue weighted by molar-refractivity contribution is -0.119. The van der Waals surface area contributed by atoms with Gasteiger partial charge in [-0.2, -0.15) is 0 Å². The molecule has 0 aliphatic carbocycles. The van der Waals surface area contributed by atoms with Gasteiger partial charge in [0, 0.05) is 24.6 Å². The standard InChI is InChI=1S/C17H19N3O5S/c1-11-10-26(23,24)20(17(11)22)15-5-3-13(4-6-15)16(21)18-8-7-14-9-12(2)25-19-14/h3-6,9,11H,7-8,10H2,1-2H3,(H,18,21). The van der Waals surface area contributed by atoms with Crippen LogP contribution in [0.15, 0.2) is 34.9 Å². The molecule has 1 aliphatic heterocycles. The molecule has 1 aromatic heterocycles. The van der Waals surface area contributed by atoms with Gasteiger partial charge in [-0.15, -0.1) is 0 Å². The van der Waals surface area contributed by atoms with Crippen LogP contribution in [0.4, 0.5) is 5.69 Å². The lowest BCUT2D eigenvalue weighted by Gasteiger charge is -2.15. The summed E-state index contributed by atoms with van der Waals surface area (Å²) in [7, 11) is -3.65. The van der Waals surface area contributed by atoms with Crippen molar-refractivity contribution < 1.29 is 22.5 Å². The molecule has 0 saturated carbocycles. The van der Waals surface area contributed by atoms with E-state index >= 15 is 0 Å². The Labute approximate surface area is 151 Å². The van der Waals surface area contributed by atoms with Crippen LogP contribution in [0.2, 0.25) is 0 Å². The molecule has 1 aromatic carbocycles. The molecule has 0 bridgehead atoms. The van der Waals surface area contributed by atoms with Crippen LogP contribution in [0.25, 0.3) is 0 Å². The van der Waals surface area contributed by atoms with Gasteiger partial charge in [0.2, 0.25) is 15.9 Å². The van der Waals surface area contributed by atoms with Gasteiger partial charge in [0.1, 0.15) is 5.76 Å². The fourth-order valence-electron chi connectivity index (χ4n) is 2.78. The number of nitrogens with one attached hydrogen (secondary N) is 1. The van der Waals surface area contributed by atoms with E-state index in [9.17, 15) is 18.0 Å². The largest absolute Gasteiger partial charge is 0.361 e. The maximum absolute atomic E-state index is 12.2. The molecule has 1 unspecified atom stereocenters. The molecule has 138 valence electrons. The smallest absolute Gasteiger partial charge is 0.251 e. The summed E-state index contributed by atoms with van der Waals surface area (Å²) in [6.07, 6.45) is 0.541. The zero-order valence-corrected chi connectivity index (χ0v) is 15.2. The summed E-state index contributed by atoms with van der Waals surface area (Å²) in [5.74, 6) is -0.799. The Kier molecular flexibility index (Phi) is 4.82. The van der Waals surface area contributed by atoms with Crippen molar-refractivity contribution in [2.24, 2.45) is 5.92 Å². The highest BCUT2D eigenvalue weighted by Crippen LogP contribution is 2.28. The summed E-state index contributed by atoms with van der Waals surface area (Å²) in [5.41, 5.74) is 1.38. The molecule has 2 aromatic rings. The Morgan fingerprint density at radius 3 is 2.58 bits per heavy atom. The van der Waals surface area contributed by atoms with Gasteiger partial charge in [0.15, 0.2) is 0 Å². The summed E-state index contributed by atoms with van der Waals surface area (Å²) >= 11 is 0. The maximum atomic E-state index is 12.2. The minimum atomic E-state index is -3.65. The quantitative estimate of drug-likeness (QED) is 0.840. The number of aromatic nitrogens is 1. The Balaban J connectivity index is 1.63. The molecule has 3 rings (SSSR count). The number of hydrogen-bond donors (Lipinski definition) is 1. The van der Waals surface area contributed by atoms with Gasteiger partial charge in [0.25, 0.3) is 5.91 Å². The van der Waals surface area contributed by atoms with Gasteiger partial charge in [-0.25, -0.2) is 12.7 Å². The van der Waals surface area contributed by atoms with Crippen molar-refractivity contribution in [2.75, 3.05) is 16.6 Å². The topological polar surface area (TPSA) is 110 Å². The number of anilines is 1. The first-order chi connectivity index (χ1) is 12.3. The van der Waals surface area contributed by atoms with Crippen LogP contribution in [0.5, 0.6) is 0 Å². The fourth-order valence-corrected chi connectivity index (χ4v) is 4.60. The first kappa shape index (κ1) is 18.1. The number of sulfonamides is 1. The second kappa shape index (κ2) is 6.91. The molecule has 1 aliphatic rings. The predicted octanol–water partition coefficient (Wildman–Crippen LogP) is 1.27. The number of amides is 2. The van der Waals surface area contributed by atoms with Gasteiger partial charge in [-0.3, -0.25) is 9.59 Å². The van der Waals surface area contributed by atoms with Crippen molar-refractivity contribution in [1.82, 2.24) is 10.5 Å². The maximum Gasteiger partial charge on any atom is 0.251 e. The lowest BCUT2D eigenvalue weighted by atomic mass is 10.1. The number of rotatable bonds is 5. The first-order valence-corrected chi connectivity index (χ1v) is 9.76. The number of carbonyl (C=O) groups is 2. The molecule has 2 amide bonds. The summed E-state index contributed by atoms with van der Waals surface area (Å²) in [6.45, 7) is 3.77. The molecule has 0 spiro atoms. The number of carbonyl (C=O) groups excluding carboxylic acids is 2. The van der Waals surface area contributed by atoms with Crippen molar-refractivity contribution in [3.05, 3.63) is 47.3 Å². The third-order valence-corrected chi connectivity index (χ3v) is 5.94. The highest BCUT2D eigenvalue weighted by atomic mass is 32.2. The average molecular weight is 377 g/mol. The number of aryl methyl sites for hydroxylation is 1. The van der Waals surface area contributed by atoms with Crippen LogP contribution in [0, 0.1) is 12.8 Å². The van der Waals surface area contributed by atoms with Gasteiger partial charge in [0.05, 0.1) is 23.1 Å². The van der Waals surface area contributed by atoms with Gasteiger partial charge < -0.3 is 9.84 Å². The van der Waals surface area contributed by atoms with E-state index in [1.54, 1.807) is 19.9 Å². The highest BCUT2D eigenvalue weighted by Gasteiger charge is 2.41. The Bertz CT molecular complexity index is 934. The Hall–Kier alpha value is -2.68. The average Bonchev–Trinajstić information content (AvgIpc) is 3.08. The summed E-state index contributed by atoms with van der Waals surface area (Å²) < 4.78 is 30.0. The number of hydrogen-bond acceptors (Lipinski definition) is 6. The van der Waals surface area contributed by atoms with Gasteiger partial charge in [-0.1, -0.05) is 12.1 Å². The molecular weight excluding hydrogens is 358 g/mol. The zero-order valence-electron chi connectivity index (χ0n) is 14.4.